The van der Waals surface area contributed by atoms with Crippen molar-refractivity contribution in [2.24, 2.45) is 0 Å². The molecule has 0 fully saturated rings. The Bertz CT molecular complexity index is 329. The van der Waals surface area contributed by atoms with Crippen LogP contribution in [0, 0.1) is 6.42 Å². The van der Waals surface area contributed by atoms with E-state index in [9.17, 15) is 4.79 Å². The molecule has 0 saturated heterocycles. The number of rotatable bonds is 1. The second-order valence-corrected chi connectivity index (χ2v) is 2.95. The number of fused-ring (bicyclic) bond motifs is 1. The zero-order valence-corrected chi connectivity index (χ0v) is 6.58. The Kier molecular flexibility index (Phi) is 1.61. The summed E-state index contributed by atoms with van der Waals surface area (Å²) in [6.45, 7) is 0. The number of carboxylic acid groups (broad SMARTS) is 1. The number of benzene rings is 1. The zero-order chi connectivity index (χ0) is 8.55. The fourth-order valence-electron chi connectivity index (χ4n) is 1.64. The molecule has 2 heteroatoms. The van der Waals surface area contributed by atoms with Crippen LogP contribution in [-0.2, 0) is 12.8 Å². The lowest BCUT2D eigenvalue weighted by Crippen LogP contribution is -2.01. The van der Waals surface area contributed by atoms with Crippen molar-refractivity contribution in [3.63, 3.8) is 0 Å². The molecule has 0 amide bonds. The van der Waals surface area contributed by atoms with E-state index < -0.39 is 5.97 Å². The van der Waals surface area contributed by atoms with Gasteiger partial charge >= 0.3 is 5.97 Å². The fourth-order valence-corrected chi connectivity index (χ4v) is 1.64. The van der Waals surface area contributed by atoms with Crippen LogP contribution < -0.4 is 0 Å². The first-order valence-electron chi connectivity index (χ1n) is 3.95. The van der Waals surface area contributed by atoms with Crippen molar-refractivity contribution in [2.45, 2.75) is 12.8 Å². The molecule has 2 nitrogen and oxygen atoms in total. The Morgan fingerprint density at radius 1 is 1.33 bits per heavy atom. The van der Waals surface area contributed by atoms with Crippen LogP contribution in [0.2, 0.25) is 0 Å². The fraction of sp³-hybridized carbons (Fsp3) is 0.200. The molecular formula is C10H9O2. The van der Waals surface area contributed by atoms with Crippen molar-refractivity contribution in [1.82, 2.24) is 0 Å². The Morgan fingerprint density at radius 3 is 2.92 bits per heavy atom. The smallest absolute Gasteiger partial charge is 0.335 e. The summed E-state index contributed by atoms with van der Waals surface area (Å²) in [7, 11) is 0. The maximum Gasteiger partial charge on any atom is 0.335 e. The third kappa shape index (κ3) is 0.998. The first-order chi connectivity index (χ1) is 5.79. The van der Waals surface area contributed by atoms with Gasteiger partial charge in [0.1, 0.15) is 0 Å². The Hall–Kier alpha value is -1.31. The number of aromatic carboxylic acids is 1. The molecule has 0 aromatic heterocycles. The second kappa shape index (κ2) is 2.63. The van der Waals surface area contributed by atoms with Gasteiger partial charge in [-0.15, -0.1) is 0 Å². The number of carboxylic acids is 1. The molecule has 12 heavy (non-hydrogen) atoms. The SMILES string of the molecule is O=C(O)c1cccc2c1C[CH]C2. The van der Waals surface area contributed by atoms with Crippen LogP contribution in [0.25, 0.3) is 0 Å². The zero-order valence-electron chi connectivity index (χ0n) is 6.58. The van der Waals surface area contributed by atoms with Gasteiger partial charge in [-0.2, -0.15) is 0 Å². The molecule has 2 rings (SSSR count). The molecule has 0 spiro atoms. The van der Waals surface area contributed by atoms with Crippen LogP contribution in [0.3, 0.4) is 0 Å². The lowest BCUT2D eigenvalue weighted by atomic mass is 10.0. The third-order valence-electron chi connectivity index (χ3n) is 2.22. The summed E-state index contributed by atoms with van der Waals surface area (Å²) < 4.78 is 0. The maximum absolute atomic E-state index is 10.7. The number of carbonyl (C=O) groups is 1. The monoisotopic (exact) mass is 161 g/mol. The van der Waals surface area contributed by atoms with Crippen LogP contribution in [0.4, 0.5) is 0 Å². The van der Waals surface area contributed by atoms with Gasteiger partial charge in [0.25, 0.3) is 0 Å². The van der Waals surface area contributed by atoms with E-state index in [1.165, 1.54) is 0 Å². The van der Waals surface area contributed by atoms with E-state index in [1.54, 1.807) is 12.1 Å². The molecule has 1 aromatic carbocycles. The topological polar surface area (TPSA) is 37.3 Å². The Morgan fingerprint density at radius 2 is 2.17 bits per heavy atom. The Balaban J connectivity index is 2.56. The van der Waals surface area contributed by atoms with Crippen molar-refractivity contribution >= 4 is 5.97 Å². The summed E-state index contributed by atoms with van der Waals surface area (Å²) in [6, 6.07) is 5.47. The highest BCUT2D eigenvalue weighted by molar-refractivity contribution is 5.90. The average molecular weight is 161 g/mol. The van der Waals surface area contributed by atoms with Crippen LogP contribution in [0.1, 0.15) is 21.5 Å². The van der Waals surface area contributed by atoms with E-state index in [1.807, 2.05) is 6.07 Å². The molecule has 1 N–H and O–H groups in total. The predicted molar refractivity (Wildman–Crippen MR) is 45.1 cm³/mol. The molecule has 1 aliphatic carbocycles. The molecule has 0 heterocycles. The van der Waals surface area contributed by atoms with Gasteiger partial charge in [-0.05, 0) is 36.5 Å². The second-order valence-electron chi connectivity index (χ2n) is 2.95. The average Bonchev–Trinajstić information content (AvgIpc) is 2.49. The predicted octanol–water partition coefficient (Wildman–Crippen LogP) is 1.69. The molecule has 0 atom stereocenters. The summed E-state index contributed by atoms with van der Waals surface area (Å²) >= 11 is 0. The first-order valence-corrected chi connectivity index (χ1v) is 3.95. The molecule has 1 aromatic rings. The highest BCUT2D eigenvalue weighted by Crippen LogP contribution is 2.24. The van der Waals surface area contributed by atoms with Crippen molar-refractivity contribution in [2.75, 3.05) is 0 Å². The summed E-state index contributed by atoms with van der Waals surface area (Å²) in [4.78, 5) is 10.7. The molecular weight excluding hydrogens is 152 g/mol. The molecule has 0 saturated carbocycles. The van der Waals surface area contributed by atoms with Gasteiger partial charge in [0.05, 0.1) is 5.56 Å². The molecule has 1 radical (unpaired) electrons. The lowest BCUT2D eigenvalue weighted by Gasteiger charge is -2.02. The third-order valence-corrected chi connectivity index (χ3v) is 2.22. The molecule has 0 unspecified atom stereocenters. The van der Waals surface area contributed by atoms with E-state index in [0.717, 1.165) is 24.0 Å². The van der Waals surface area contributed by atoms with Crippen molar-refractivity contribution in [3.8, 4) is 0 Å². The summed E-state index contributed by atoms with van der Waals surface area (Å²) in [6.07, 6.45) is 3.82. The summed E-state index contributed by atoms with van der Waals surface area (Å²) in [5, 5.41) is 8.84. The first kappa shape index (κ1) is 7.35. The van der Waals surface area contributed by atoms with E-state index in [4.69, 9.17) is 5.11 Å². The van der Waals surface area contributed by atoms with E-state index >= 15 is 0 Å². The minimum atomic E-state index is -0.817. The van der Waals surface area contributed by atoms with E-state index in [0.29, 0.717) is 5.56 Å². The van der Waals surface area contributed by atoms with Crippen molar-refractivity contribution in [3.05, 3.63) is 41.3 Å². The quantitative estimate of drug-likeness (QED) is 0.680. The van der Waals surface area contributed by atoms with Gasteiger partial charge in [-0.25, -0.2) is 4.79 Å². The van der Waals surface area contributed by atoms with Gasteiger partial charge in [-0.1, -0.05) is 12.1 Å². The van der Waals surface area contributed by atoms with Crippen LogP contribution in [0.5, 0.6) is 0 Å². The minimum Gasteiger partial charge on any atom is -0.478 e. The van der Waals surface area contributed by atoms with Gasteiger partial charge in [-0.3, -0.25) is 0 Å². The van der Waals surface area contributed by atoms with Crippen molar-refractivity contribution in [1.29, 1.82) is 0 Å². The number of hydrogen-bond acceptors (Lipinski definition) is 1. The lowest BCUT2D eigenvalue weighted by molar-refractivity contribution is 0.0696. The number of hydrogen-bond donors (Lipinski definition) is 1. The van der Waals surface area contributed by atoms with Gasteiger partial charge in [0.15, 0.2) is 0 Å². The molecule has 0 bridgehead atoms. The van der Waals surface area contributed by atoms with Crippen LogP contribution in [-0.4, -0.2) is 11.1 Å². The van der Waals surface area contributed by atoms with Crippen LogP contribution in [0.15, 0.2) is 18.2 Å². The standard InChI is InChI=1S/C10H9O2/c11-10(12)9-6-2-4-7-3-1-5-8(7)9/h1-2,4,6H,3,5H2,(H,11,12). The summed E-state index contributed by atoms with van der Waals surface area (Å²) in [5.41, 5.74) is 2.61. The van der Waals surface area contributed by atoms with E-state index in [2.05, 4.69) is 6.42 Å². The minimum absolute atomic E-state index is 0.459. The summed E-state index contributed by atoms with van der Waals surface area (Å²) in [5.74, 6) is -0.817. The van der Waals surface area contributed by atoms with Gasteiger partial charge in [0.2, 0.25) is 0 Å². The van der Waals surface area contributed by atoms with E-state index in [-0.39, 0.29) is 0 Å². The highest BCUT2D eigenvalue weighted by atomic mass is 16.4. The van der Waals surface area contributed by atoms with Crippen LogP contribution >= 0.6 is 0 Å². The molecule has 0 aliphatic heterocycles. The Labute approximate surface area is 70.8 Å². The largest absolute Gasteiger partial charge is 0.478 e. The van der Waals surface area contributed by atoms with Gasteiger partial charge in [0, 0.05) is 0 Å². The molecule has 61 valence electrons. The van der Waals surface area contributed by atoms with Gasteiger partial charge < -0.3 is 5.11 Å². The molecule has 1 aliphatic rings. The highest BCUT2D eigenvalue weighted by Gasteiger charge is 2.17. The normalized spacial score (nSPS) is 14.3. The maximum atomic E-state index is 10.7. The van der Waals surface area contributed by atoms with Crippen molar-refractivity contribution < 1.29 is 9.90 Å².